The Labute approximate surface area is 184 Å². The molecule has 0 spiro atoms. The zero-order valence-corrected chi connectivity index (χ0v) is 18.5. The molecule has 0 radical (unpaired) electrons. The average Bonchev–Trinajstić information content (AvgIpc) is 2.78. The fraction of sp³-hybridized carbons (Fsp3) is 0.423. The van der Waals surface area contributed by atoms with Gasteiger partial charge in [0.2, 0.25) is 5.91 Å². The van der Waals surface area contributed by atoms with Crippen molar-refractivity contribution in [2.45, 2.75) is 64.3 Å². The lowest BCUT2D eigenvalue weighted by atomic mass is 9.77. The number of nitrogens with one attached hydrogen (secondary N) is 2. The summed E-state index contributed by atoms with van der Waals surface area (Å²) in [6.45, 7) is 3.86. The number of nitrogen functional groups attached to an aromatic ring is 1. The van der Waals surface area contributed by atoms with Crippen molar-refractivity contribution in [3.05, 3.63) is 70.8 Å². The number of benzene rings is 2. The average molecular weight is 420 g/mol. The standard InChI is InChI=1S/C26H33N3O2/c1-17-6-11-20(12-7-17)22-4-3-5-23(16-22)26(31)29-18(2)24(30)15-10-19-8-13-21(14-9-19)25(27)28/h6-9,11-14,18,22-23H,3-5,10,15-16H2,1-2H3,(H3,27,28)(H,29,31)/t18-,22-,23+/m0/s1. The second kappa shape index (κ2) is 10.4. The van der Waals surface area contributed by atoms with Crippen LogP contribution in [0.4, 0.5) is 0 Å². The number of aryl methyl sites for hydroxylation is 2. The van der Waals surface area contributed by atoms with Gasteiger partial charge in [0.05, 0.1) is 6.04 Å². The smallest absolute Gasteiger partial charge is 0.223 e. The summed E-state index contributed by atoms with van der Waals surface area (Å²) in [5.41, 5.74) is 9.72. The summed E-state index contributed by atoms with van der Waals surface area (Å²) in [5.74, 6) is 0.452. The molecule has 0 bridgehead atoms. The molecule has 0 unspecified atom stereocenters. The fourth-order valence-corrected chi connectivity index (χ4v) is 4.32. The summed E-state index contributed by atoms with van der Waals surface area (Å²) in [5, 5.41) is 10.4. The molecule has 4 N–H and O–H groups in total. The molecule has 3 atom stereocenters. The van der Waals surface area contributed by atoms with Crippen LogP contribution >= 0.6 is 0 Å². The predicted octanol–water partition coefficient (Wildman–Crippen LogP) is 4.26. The molecular formula is C26H33N3O2. The first kappa shape index (κ1) is 22.7. The fourth-order valence-electron chi connectivity index (χ4n) is 4.32. The van der Waals surface area contributed by atoms with Crippen LogP contribution in [0.5, 0.6) is 0 Å². The van der Waals surface area contributed by atoms with Crippen LogP contribution in [0.3, 0.4) is 0 Å². The molecule has 0 heterocycles. The van der Waals surface area contributed by atoms with Gasteiger partial charge in [0.1, 0.15) is 5.84 Å². The first-order valence-corrected chi connectivity index (χ1v) is 11.2. The third-order valence-electron chi connectivity index (χ3n) is 6.36. The number of Topliss-reactive ketones (excluding diaryl/α,β-unsaturated/α-hetero) is 1. The highest BCUT2D eigenvalue weighted by molar-refractivity contribution is 5.95. The summed E-state index contributed by atoms with van der Waals surface area (Å²) in [6.07, 6.45) is 4.86. The maximum Gasteiger partial charge on any atom is 0.223 e. The monoisotopic (exact) mass is 419 g/mol. The lowest BCUT2D eigenvalue weighted by Crippen LogP contribution is -2.42. The van der Waals surface area contributed by atoms with Gasteiger partial charge in [0.25, 0.3) is 0 Å². The van der Waals surface area contributed by atoms with Gasteiger partial charge in [0, 0.05) is 17.9 Å². The van der Waals surface area contributed by atoms with Crippen LogP contribution in [-0.4, -0.2) is 23.6 Å². The van der Waals surface area contributed by atoms with Crippen molar-refractivity contribution in [1.82, 2.24) is 5.32 Å². The van der Waals surface area contributed by atoms with Crippen molar-refractivity contribution in [2.75, 3.05) is 0 Å². The number of amides is 1. The molecule has 0 saturated heterocycles. The van der Waals surface area contributed by atoms with Gasteiger partial charge in [-0.05, 0) is 56.6 Å². The van der Waals surface area contributed by atoms with E-state index in [4.69, 9.17) is 11.1 Å². The number of nitrogens with two attached hydrogens (primary N) is 1. The Hall–Kier alpha value is -2.95. The molecule has 3 rings (SSSR count). The van der Waals surface area contributed by atoms with E-state index in [-0.39, 0.29) is 23.4 Å². The Morgan fingerprint density at radius 2 is 1.77 bits per heavy atom. The van der Waals surface area contributed by atoms with Gasteiger partial charge < -0.3 is 11.1 Å². The summed E-state index contributed by atoms with van der Waals surface area (Å²) in [6, 6.07) is 15.5. The van der Waals surface area contributed by atoms with E-state index in [9.17, 15) is 9.59 Å². The first-order chi connectivity index (χ1) is 14.8. The van der Waals surface area contributed by atoms with E-state index >= 15 is 0 Å². The van der Waals surface area contributed by atoms with Gasteiger partial charge in [-0.15, -0.1) is 0 Å². The predicted molar refractivity (Wildman–Crippen MR) is 124 cm³/mol. The molecule has 164 valence electrons. The highest BCUT2D eigenvalue weighted by Gasteiger charge is 2.29. The van der Waals surface area contributed by atoms with Crippen LogP contribution in [0, 0.1) is 18.3 Å². The molecule has 0 aliphatic heterocycles. The zero-order valence-electron chi connectivity index (χ0n) is 18.5. The van der Waals surface area contributed by atoms with Crippen LogP contribution in [0.2, 0.25) is 0 Å². The van der Waals surface area contributed by atoms with Crippen molar-refractivity contribution >= 4 is 17.5 Å². The maximum absolute atomic E-state index is 12.8. The van der Waals surface area contributed by atoms with E-state index in [1.165, 1.54) is 11.1 Å². The van der Waals surface area contributed by atoms with Crippen LogP contribution in [0.15, 0.2) is 48.5 Å². The molecule has 1 fully saturated rings. The molecule has 1 saturated carbocycles. The molecule has 1 aliphatic rings. The van der Waals surface area contributed by atoms with Gasteiger partial charge in [-0.2, -0.15) is 0 Å². The maximum atomic E-state index is 12.8. The summed E-state index contributed by atoms with van der Waals surface area (Å²) < 4.78 is 0. The Kier molecular flexibility index (Phi) is 7.61. The van der Waals surface area contributed by atoms with Gasteiger partial charge in [-0.3, -0.25) is 15.0 Å². The summed E-state index contributed by atoms with van der Waals surface area (Å²) in [7, 11) is 0. The topological polar surface area (TPSA) is 96.0 Å². The number of carbonyl (C=O) groups is 2. The van der Waals surface area contributed by atoms with E-state index in [1.807, 2.05) is 12.1 Å². The van der Waals surface area contributed by atoms with Crippen LogP contribution < -0.4 is 11.1 Å². The molecule has 5 heteroatoms. The SMILES string of the molecule is Cc1ccc([C@H]2CCC[C@@H](C(=O)N[C@@H](C)C(=O)CCc3ccc(C(=N)N)cc3)C2)cc1. The molecule has 2 aromatic carbocycles. The highest BCUT2D eigenvalue weighted by Crippen LogP contribution is 2.36. The number of ketones is 1. The largest absolute Gasteiger partial charge is 0.384 e. The van der Waals surface area contributed by atoms with Crippen LogP contribution in [0.25, 0.3) is 0 Å². The normalized spacial score (nSPS) is 19.4. The third-order valence-corrected chi connectivity index (χ3v) is 6.36. The number of hydrogen-bond donors (Lipinski definition) is 3. The van der Waals surface area contributed by atoms with Crippen molar-refractivity contribution < 1.29 is 9.59 Å². The molecule has 0 aromatic heterocycles. The number of rotatable bonds is 8. The van der Waals surface area contributed by atoms with Gasteiger partial charge in [-0.1, -0.05) is 60.5 Å². The van der Waals surface area contributed by atoms with Crippen LogP contribution in [-0.2, 0) is 16.0 Å². The van der Waals surface area contributed by atoms with E-state index in [2.05, 4.69) is 36.5 Å². The van der Waals surface area contributed by atoms with Crippen molar-refractivity contribution in [2.24, 2.45) is 11.7 Å². The van der Waals surface area contributed by atoms with E-state index in [0.717, 1.165) is 31.2 Å². The lowest BCUT2D eigenvalue weighted by Gasteiger charge is -2.29. The highest BCUT2D eigenvalue weighted by atomic mass is 16.2. The Bertz CT molecular complexity index is 919. The van der Waals surface area contributed by atoms with Crippen molar-refractivity contribution in [3.63, 3.8) is 0 Å². The second-order valence-electron chi connectivity index (χ2n) is 8.78. The quantitative estimate of drug-likeness (QED) is 0.441. The van der Waals surface area contributed by atoms with Crippen molar-refractivity contribution in [3.8, 4) is 0 Å². The molecular weight excluding hydrogens is 386 g/mol. The van der Waals surface area contributed by atoms with Gasteiger partial charge >= 0.3 is 0 Å². The van der Waals surface area contributed by atoms with Gasteiger partial charge in [0.15, 0.2) is 5.78 Å². The molecule has 5 nitrogen and oxygen atoms in total. The van der Waals surface area contributed by atoms with Crippen molar-refractivity contribution in [1.29, 1.82) is 5.41 Å². The van der Waals surface area contributed by atoms with Gasteiger partial charge in [-0.25, -0.2) is 0 Å². The van der Waals surface area contributed by atoms with E-state index < -0.39 is 6.04 Å². The number of carbonyl (C=O) groups excluding carboxylic acids is 2. The van der Waals surface area contributed by atoms with E-state index in [0.29, 0.717) is 24.3 Å². The molecule has 31 heavy (non-hydrogen) atoms. The molecule has 1 amide bonds. The summed E-state index contributed by atoms with van der Waals surface area (Å²) >= 11 is 0. The van der Waals surface area contributed by atoms with Crippen LogP contribution in [0.1, 0.15) is 67.2 Å². The lowest BCUT2D eigenvalue weighted by molar-refractivity contribution is -0.130. The minimum absolute atomic E-state index is 0.00322. The zero-order chi connectivity index (χ0) is 22.4. The third kappa shape index (κ3) is 6.27. The number of amidine groups is 1. The number of hydrogen-bond acceptors (Lipinski definition) is 3. The summed E-state index contributed by atoms with van der Waals surface area (Å²) in [4.78, 5) is 25.4. The molecule has 2 aromatic rings. The second-order valence-corrected chi connectivity index (χ2v) is 8.78. The Balaban J connectivity index is 1.49. The molecule has 1 aliphatic carbocycles. The Morgan fingerprint density at radius 1 is 1.10 bits per heavy atom. The Morgan fingerprint density at radius 3 is 2.42 bits per heavy atom. The first-order valence-electron chi connectivity index (χ1n) is 11.2. The minimum Gasteiger partial charge on any atom is -0.384 e. The van der Waals surface area contributed by atoms with E-state index in [1.54, 1.807) is 19.1 Å². The minimum atomic E-state index is -0.483.